The van der Waals surface area contributed by atoms with E-state index >= 15 is 0 Å². The minimum atomic E-state index is -0.244. The summed E-state index contributed by atoms with van der Waals surface area (Å²) in [6.07, 6.45) is 4.43. The second kappa shape index (κ2) is 10.1. The molecule has 3 rings (SSSR count). The molecular formula is C20H28ClN3O4. The van der Waals surface area contributed by atoms with Crippen LogP contribution in [0.15, 0.2) is 18.2 Å². The molecular weight excluding hydrogens is 382 g/mol. The quantitative estimate of drug-likeness (QED) is 0.716. The summed E-state index contributed by atoms with van der Waals surface area (Å²) in [5.41, 5.74) is 1.06. The molecule has 2 atom stereocenters. The largest absolute Gasteiger partial charge is 0.376 e. The topological polar surface area (TPSA) is 79.9 Å². The predicted molar refractivity (Wildman–Crippen MR) is 109 cm³/mol. The predicted octanol–water partition coefficient (Wildman–Crippen LogP) is 3.88. The Hall–Kier alpha value is -1.83. The van der Waals surface area contributed by atoms with Crippen LogP contribution in [0.4, 0.5) is 16.2 Å². The fraction of sp³-hybridized carbons (Fsp3) is 0.600. The van der Waals surface area contributed by atoms with Gasteiger partial charge < -0.3 is 25.0 Å². The Morgan fingerprint density at radius 3 is 2.29 bits per heavy atom. The molecule has 0 unspecified atom stereocenters. The van der Waals surface area contributed by atoms with E-state index in [1.54, 1.807) is 30.0 Å². The maximum absolute atomic E-state index is 13.0. The van der Waals surface area contributed by atoms with E-state index in [4.69, 9.17) is 21.1 Å². The first-order chi connectivity index (χ1) is 13.5. The number of hydrogen-bond acceptors (Lipinski definition) is 4. The van der Waals surface area contributed by atoms with E-state index < -0.39 is 0 Å². The summed E-state index contributed by atoms with van der Waals surface area (Å²) >= 11 is 6.26. The molecule has 0 saturated carbocycles. The Morgan fingerprint density at radius 2 is 1.75 bits per heavy atom. The zero-order chi connectivity index (χ0) is 19.9. The van der Waals surface area contributed by atoms with Gasteiger partial charge in [0.05, 0.1) is 22.9 Å². The van der Waals surface area contributed by atoms with E-state index in [2.05, 4.69) is 10.6 Å². The molecule has 2 saturated heterocycles. The van der Waals surface area contributed by atoms with Gasteiger partial charge in [0.1, 0.15) is 0 Å². The highest BCUT2D eigenvalue weighted by Gasteiger charge is 2.27. The summed E-state index contributed by atoms with van der Waals surface area (Å²) in [6, 6.07) is 4.80. The van der Waals surface area contributed by atoms with Crippen molar-refractivity contribution in [2.75, 3.05) is 36.9 Å². The molecule has 0 radical (unpaired) electrons. The molecule has 2 heterocycles. The van der Waals surface area contributed by atoms with Crippen molar-refractivity contribution in [1.29, 1.82) is 0 Å². The Balaban J connectivity index is 1.68. The smallest absolute Gasteiger partial charge is 0.322 e. The average molecular weight is 410 g/mol. The minimum Gasteiger partial charge on any atom is -0.376 e. The molecule has 8 heteroatoms. The molecule has 1 aromatic carbocycles. The highest BCUT2D eigenvalue weighted by atomic mass is 35.5. The van der Waals surface area contributed by atoms with Gasteiger partial charge in [-0.2, -0.15) is 0 Å². The summed E-state index contributed by atoms with van der Waals surface area (Å²) < 4.78 is 11.4. The van der Waals surface area contributed by atoms with Gasteiger partial charge in [0.2, 0.25) is 5.91 Å². The first kappa shape index (κ1) is 20.9. The molecule has 154 valence electrons. The van der Waals surface area contributed by atoms with Gasteiger partial charge in [-0.05, 0) is 43.9 Å². The highest BCUT2D eigenvalue weighted by Crippen LogP contribution is 2.26. The van der Waals surface area contributed by atoms with Crippen LogP contribution in [0.3, 0.4) is 0 Å². The molecule has 2 aliphatic rings. The molecule has 2 fully saturated rings. The van der Waals surface area contributed by atoms with Crippen LogP contribution >= 0.6 is 11.6 Å². The number of carbonyl (C=O) groups excluding carboxylic acids is 2. The van der Waals surface area contributed by atoms with Crippen LogP contribution in [0.5, 0.6) is 0 Å². The molecule has 0 aromatic heterocycles. The van der Waals surface area contributed by atoms with Gasteiger partial charge in [0.15, 0.2) is 0 Å². The summed E-state index contributed by atoms with van der Waals surface area (Å²) in [5, 5.41) is 6.07. The van der Waals surface area contributed by atoms with Gasteiger partial charge in [-0.15, -0.1) is 0 Å². The normalized spacial score (nSPS) is 21.5. The van der Waals surface area contributed by atoms with Crippen molar-refractivity contribution in [3.63, 3.8) is 0 Å². The average Bonchev–Trinajstić information content (AvgIpc) is 3.38. The van der Waals surface area contributed by atoms with Gasteiger partial charge >= 0.3 is 6.03 Å². The lowest BCUT2D eigenvalue weighted by Gasteiger charge is -2.28. The van der Waals surface area contributed by atoms with E-state index in [1.165, 1.54) is 0 Å². The molecule has 1 aromatic rings. The maximum Gasteiger partial charge on any atom is 0.322 e. The number of rotatable bonds is 7. The van der Waals surface area contributed by atoms with E-state index in [1.807, 2.05) is 0 Å². The number of ether oxygens (including phenoxy) is 2. The van der Waals surface area contributed by atoms with Crippen LogP contribution in [0.25, 0.3) is 0 Å². The Bertz CT molecular complexity index is 670. The number of amides is 3. The van der Waals surface area contributed by atoms with E-state index in [0.29, 0.717) is 35.9 Å². The standard InChI is InChI=1S/C20H28ClN3O4/c1-2-19(25)22-14-7-8-17(21)18(11-14)23-20(26)24(12-15-5-3-9-27-15)13-16-6-4-10-28-16/h7-8,11,15-16H,2-6,9-10,12-13H2,1H3,(H,22,25)(H,23,26)/t15-,16-/m1/s1. The summed E-state index contributed by atoms with van der Waals surface area (Å²) in [7, 11) is 0. The van der Waals surface area contributed by atoms with E-state index in [0.717, 1.165) is 38.9 Å². The Morgan fingerprint density at radius 1 is 1.11 bits per heavy atom. The zero-order valence-electron chi connectivity index (χ0n) is 16.2. The second-order valence-corrected chi connectivity index (χ2v) is 7.61. The lowest BCUT2D eigenvalue weighted by Crippen LogP contribution is -2.44. The summed E-state index contributed by atoms with van der Waals surface area (Å²) in [4.78, 5) is 26.4. The third-order valence-electron chi connectivity index (χ3n) is 5.00. The van der Waals surface area contributed by atoms with Crippen LogP contribution in [-0.2, 0) is 14.3 Å². The van der Waals surface area contributed by atoms with Crippen molar-refractivity contribution in [2.45, 2.75) is 51.2 Å². The number of hydrogen-bond donors (Lipinski definition) is 2. The zero-order valence-corrected chi connectivity index (χ0v) is 17.0. The van der Waals surface area contributed by atoms with E-state index in [9.17, 15) is 9.59 Å². The number of carbonyl (C=O) groups is 2. The second-order valence-electron chi connectivity index (χ2n) is 7.20. The fourth-order valence-electron chi connectivity index (χ4n) is 3.45. The van der Waals surface area contributed by atoms with Crippen LogP contribution in [-0.4, -0.2) is 55.3 Å². The minimum absolute atomic E-state index is 0.0535. The third kappa shape index (κ3) is 5.83. The van der Waals surface area contributed by atoms with E-state index in [-0.39, 0.29) is 24.1 Å². The van der Waals surface area contributed by atoms with Crippen LogP contribution < -0.4 is 10.6 Å². The van der Waals surface area contributed by atoms with Gasteiger partial charge in [0.25, 0.3) is 0 Å². The lowest BCUT2D eigenvalue weighted by molar-refractivity contribution is -0.115. The summed E-state index contributed by atoms with van der Waals surface area (Å²) in [5.74, 6) is -0.0991. The lowest BCUT2D eigenvalue weighted by atomic mass is 10.2. The summed E-state index contributed by atoms with van der Waals surface area (Å²) in [6.45, 7) is 4.31. The third-order valence-corrected chi connectivity index (χ3v) is 5.33. The van der Waals surface area contributed by atoms with Crippen molar-refractivity contribution in [3.05, 3.63) is 23.2 Å². The number of anilines is 2. The molecule has 2 N–H and O–H groups in total. The number of halogens is 1. The van der Waals surface area contributed by atoms with Crippen molar-refractivity contribution in [2.24, 2.45) is 0 Å². The van der Waals surface area contributed by atoms with Crippen molar-refractivity contribution < 1.29 is 19.1 Å². The molecule has 7 nitrogen and oxygen atoms in total. The molecule has 2 aliphatic heterocycles. The Labute approximate surface area is 170 Å². The first-order valence-electron chi connectivity index (χ1n) is 9.93. The van der Waals surface area contributed by atoms with Crippen molar-refractivity contribution >= 4 is 34.9 Å². The molecule has 28 heavy (non-hydrogen) atoms. The molecule has 0 aliphatic carbocycles. The highest BCUT2D eigenvalue weighted by molar-refractivity contribution is 6.33. The number of benzene rings is 1. The van der Waals surface area contributed by atoms with Crippen LogP contribution in [0.2, 0.25) is 5.02 Å². The van der Waals surface area contributed by atoms with Gasteiger partial charge in [-0.25, -0.2) is 4.79 Å². The monoisotopic (exact) mass is 409 g/mol. The SMILES string of the molecule is CCC(=O)Nc1ccc(Cl)c(NC(=O)N(C[C@H]2CCCO2)C[C@H]2CCCO2)c1. The first-order valence-corrected chi connectivity index (χ1v) is 10.3. The van der Waals surface area contributed by atoms with Gasteiger partial charge in [-0.3, -0.25) is 4.79 Å². The molecule has 3 amide bonds. The maximum atomic E-state index is 13.0. The van der Waals surface area contributed by atoms with Crippen LogP contribution in [0, 0.1) is 0 Å². The van der Waals surface area contributed by atoms with Crippen LogP contribution in [0.1, 0.15) is 39.0 Å². The number of nitrogens with one attached hydrogen (secondary N) is 2. The van der Waals surface area contributed by atoms with Crippen molar-refractivity contribution in [1.82, 2.24) is 4.90 Å². The number of nitrogens with zero attached hydrogens (tertiary/aromatic N) is 1. The number of urea groups is 1. The van der Waals surface area contributed by atoms with Gasteiger partial charge in [0, 0.05) is 38.4 Å². The van der Waals surface area contributed by atoms with Gasteiger partial charge in [-0.1, -0.05) is 18.5 Å². The Kier molecular flexibility index (Phi) is 7.53. The fourth-order valence-corrected chi connectivity index (χ4v) is 3.62. The molecule has 0 spiro atoms. The molecule has 0 bridgehead atoms. The van der Waals surface area contributed by atoms with Crippen molar-refractivity contribution in [3.8, 4) is 0 Å².